The van der Waals surface area contributed by atoms with Crippen LogP contribution in [0, 0.1) is 0 Å². The molecule has 0 saturated carbocycles. The van der Waals surface area contributed by atoms with Gasteiger partial charge in [-0.2, -0.15) is 0 Å². The van der Waals surface area contributed by atoms with Crippen molar-refractivity contribution in [2.24, 2.45) is 0 Å². The summed E-state index contributed by atoms with van der Waals surface area (Å²) in [7, 11) is -3.17. The fourth-order valence-electron chi connectivity index (χ4n) is 1.44. The summed E-state index contributed by atoms with van der Waals surface area (Å²) in [5, 5.41) is 13.9. The van der Waals surface area contributed by atoms with Crippen molar-refractivity contribution < 1.29 is 23.1 Å². The first-order valence-corrected chi connectivity index (χ1v) is 8.23. The van der Waals surface area contributed by atoms with E-state index in [0.29, 0.717) is 0 Å². The normalized spacial score (nSPS) is 11.0. The summed E-state index contributed by atoms with van der Waals surface area (Å²) < 4.78 is 22.5. The average molecular weight is 335 g/mol. The van der Waals surface area contributed by atoms with Crippen molar-refractivity contribution in [1.29, 1.82) is 0 Å². The third-order valence-electron chi connectivity index (χ3n) is 2.60. The molecule has 0 atom stereocenters. The van der Waals surface area contributed by atoms with Gasteiger partial charge in [-0.3, -0.25) is 0 Å². The number of anilines is 1. The van der Waals surface area contributed by atoms with Gasteiger partial charge >= 0.3 is 12.0 Å². The van der Waals surface area contributed by atoms with E-state index in [1.54, 1.807) is 0 Å². The number of amides is 2. The van der Waals surface area contributed by atoms with Crippen LogP contribution in [0.3, 0.4) is 0 Å². The molecule has 0 radical (unpaired) electrons. The number of aromatic carboxylic acids is 1. The van der Waals surface area contributed by atoms with E-state index in [1.165, 1.54) is 25.1 Å². The molecule has 3 N–H and O–H groups in total. The van der Waals surface area contributed by atoms with Crippen LogP contribution in [-0.2, 0) is 9.84 Å². The number of urea groups is 1. The molecular weight excluding hydrogens is 320 g/mol. The lowest BCUT2D eigenvalue weighted by Crippen LogP contribution is -2.33. The van der Waals surface area contributed by atoms with Crippen molar-refractivity contribution in [3.63, 3.8) is 0 Å². The van der Waals surface area contributed by atoms with Crippen molar-refractivity contribution in [2.45, 2.75) is 6.92 Å². The van der Waals surface area contributed by atoms with Crippen LogP contribution < -0.4 is 10.6 Å². The quantitative estimate of drug-likeness (QED) is 0.731. The fraction of sp³-hybridized carbons (Fsp3) is 0.333. The smallest absolute Gasteiger partial charge is 0.337 e. The number of hydrogen-bond acceptors (Lipinski definition) is 4. The average Bonchev–Trinajstić information content (AvgIpc) is 2.38. The van der Waals surface area contributed by atoms with Crippen LogP contribution >= 0.6 is 11.6 Å². The zero-order valence-corrected chi connectivity index (χ0v) is 12.8. The molecule has 0 spiro atoms. The molecule has 0 aliphatic heterocycles. The third-order valence-corrected chi connectivity index (χ3v) is 4.54. The van der Waals surface area contributed by atoms with Gasteiger partial charge in [-0.1, -0.05) is 18.5 Å². The Hall–Kier alpha value is -1.80. The minimum atomic E-state index is -3.17. The number of carbonyl (C=O) groups excluding carboxylic acids is 1. The van der Waals surface area contributed by atoms with Gasteiger partial charge in [0.2, 0.25) is 0 Å². The SMILES string of the molecule is CCS(=O)(=O)CCNC(=O)Nc1cc(Cl)ccc1C(=O)O. The number of carboxylic acids is 1. The molecule has 0 saturated heterocycles. The Labute approximate surface area is 127 Å². The van der Waals surface area contributed by atoms with Gasteiger partial charge in [-0.05, 0) is 18.2 Å². The molecule has 0 bridgehead atoms. The molecule has 2 amide bonds. The second-order valence-corrected chi connectivity index (χ2v) is 7.02. The van der Waals surface area contributed by atoms with Crippen molar-refractivity contribution in [1.82, 2.24) is 5.32 Å². The fourth-order valence-corrected chi connectivity index (χ4v) is 2.31. The van der Waals surface area contributed by atoms with Crippen molar-refractivity contribution >= 4 is 39.1 Å². The van der Waals surface area contributed by atoms with Crippen LogP contribution in [0.25, 0.3) is 0 Å². The molecule has 1 aromatic carbocycles. The Morgan fingerprint density at radius 1 is 1.33 bits per heavy atom. The highest BCUT2D eigenvalue weighted by Gasteiger charge is 2.13. The second-order valence-electron chi connectivity index (χ2n) is 4.11. The molecule has 21 heavy (non-hydrogen) atoms. The van der Waals surface area contributed by atoms with Gasteiger partial charge in [0.05, 0.1) is 17.0 Å². The Morgan fingerprint density at radius 2 is 2.00 bits per heavy atom. The second kappa shape index (κ2) is 7.28. The molecule has 0 aliphatic carbocycles. The van der Waals surface area contributed by atoms with Crippen LogP contribution in [0.15, 0.2) is 18.2 Å². The van der Waals surface area contributed by atoms with Crippen LogP contribution in [0.1, 0.15) is 17.3 Å². The van der Waals surface area contributed by atoms with E-state index >= 15 is 0 Å². The van der Waals surface area contributed by atoms with E-state index in [-0.39, 0.29) is 34.3 Å². The predicted octanol–water partition coefficient (Wildman–Crippen LogP) is 1.59. The maximum Gasteiger partial charge on any atom is 0.337 e. The standard InChI is InChI=1S/C12H15ClN2O5S/c1-2-21(19,20)6-5-14-12(18)15-10-7-8(13)3-4-9(10)11(16)17/h3-4,7H,2,5-6H2,1H3,(H,16,17)(H2,14,15,18). The van der Waals surface area contributed by atoms with Gasteiger partial charge < -0.3 is 15.7 Å². The van der Waals surface area contributed by atoms with Gasteiger partial charge in [0.15, 0.2) is 9.84 Å². The monoisotopic (exact) mass is 334 g/mol. The number of halogens is 1. The molecule has 1 rings (SSSR count). The van der Waals surface area contributed by atoms with Crippen LogP contribution in [0.4, 0.5) is 10.5 Å². The number of nitrogens with one attached hydrogen (secondary N) is 2. The third kappa shape index (κ3) is 5.60. The molecule has 0 aromatic heterocycles. The summed E-state index contributed by atoms with van der Waals surface area (Å²) >= 11 is 5.74. The molecule has 116 valence electrons. The van der Waals surface area contributed by atoms with Crippen LogP contribution in [0.2, 0.25) is 5.02 Å². The predicted molar refractivity (Wildman–Crippen MR) is 79.8 cm³/mol. The number of benzene rings is 1. The highest BCUT2D eigenvalue weighted by Crippen LogP contribution is 2.21. The molecule has 0 unspecified atom stereocenters. The first kappa shape index (κ1) is 17.3. The number of rotatable bonds is 6. The first-order chi connectivity index (χ1) is 9.75. The number of carbonyl (C=O) groups is 2. The molecule has 7 nitrogen and oxygen atoms in total. The number of sulfone groups is 1. The maximum absolute atomic E-state index is 11.6. The van der Waals surface area contributed by atoms with E-state index in [9.17, 15) is 18.0 Å². The summed E-state index contributed by atoms with van der Waals surface area (Å²) in [4.78, 5) is 22.6. The Bertz CT molecular complexity index is 645. The highest BCUT2D eigenvalue weighted by atomic mass is 35.5. The van der Waals surface area contributed by atoms with E-state index in [0.717, 1.165) is 0 Å². The Balaban J connectivity index is 2.67. The Kier molecular flexibility index (Phi) is 5.98. The summed E-state index contributed by atoms with van der Waals surface area (Å²) in [6.45, 7) is 1.45. The van der Waals surface area contributed by atoms with Gasteiger partial charge in [0, 0.05) is 17.3 Å². The maximum atomic E-state index is 11.6. The molecule has 1 aromatic rings. The van der Waals surface area contributed by atoms with Gasteiger partial charge in [0.1, 0.15) is 0 Å². The van der Waals surface area contributed by atoms with Gasteiger partial charge in [-0.25, -0.2) is 18.0 Å². The minimum Gasteiger partial charge on any atom is -0.478 e. The van der Waals surface area contributed by atoms with Gasteiger partial charge in [-0.15, -0.1) is 0 Å². The van der Waals surface area contributed by atoms with E-state index in [2.05, 4.69) is 10.6 Å². The first-order valence-electron chi connectivity index (χ1n) is 6.03. The molecule has 0 aliphatic rings. The number of hydrogen-bond donors (Lipinski definition) is 3. The van der Waals surface area contributed by atoms with Crippen LogP contribution in [-0.4, -0.2) is 43.6 Å². The molecule has 0 fully saturated rings. The van der Waals surface area contributed by atoms with Crippen LogP contribution in [0.5, 0.6) is 0 Å². The summed E-state index contributed by atoms with van der Waals surface area (Å²) in [6, 6.07) is 3.25. The molecular formula is C12H15ClN2O5S. The lowest BCUT2D eigenvalue weighted by molar-refractivity contribution is 0.0698. The summed E-state index contributed by atoms with van der Waals surface area (Å²) in [6.07, 6.45) is 0. The van der Waals surface area contributed by atoms with E-state index in [1.807, 2.05) is 0 Å². The highest BCUT2D eigenvalue weighted by molar-refractivity contribution is 7.91. The minimum absolute atomic E-state index is 0.00620. The molecule has 0 heterocycles. The van der Waals surface area contributed by atoms with Crippen molar-refractivity contribution in [3.8, 4) is 0 Å². The van der Waals surface area contributed by atoms with Crippen molar-refractivity contribution in [3.05, 3.63) is 28.8 Å². The zero-order valence-electron chi connectivity index (χ0n) is 11.2. The largest absolute Gasteiger partial charge is 0.478 e. The van der Waals surface area contributed by atoms with E-state index in [4.69, 9.17) is 16.7 Å². The lowest BCUT2D eigenvalue weighted by atomic mass is 10.2. The number of carboxylic acid groups (broad SMARTS) is 1. The van der Waals surface area contributed by atoms with E-state index < -0.39 is 21.8 Å². The summed E-state index contributed by atoms with van der Waals surface area (Å²) in [5.41, 5.74) is -0.0819. The zero-order chi connectivity index (χ0) is 16.0. The summed E-state index contributed by atoms with van der Waals surface area (Å²) in [5.74, 6) is -1.40. The molecule has 9 heteroatoms. The topological polar surface area (TPSA) is 113 Å². The van der Waals surface area contributed by atoms with Crippen molar-refractivity contribution in [2.75, 3.05) is 23.4 Å². The van der Waals surface area contributed by atoms with Gasteiger partial charge in [0.25, 0.3) is 0 Å². The Morgan fingerprint density at radius 3 is 2.57 bits per heavy atom. The lowest BCUT2D eigenvalue weighted by Gasteiger charge is -2.10.